The van der Waals surface area contributed by atoms with Crippen molar-refractivity contribution in [1.82, 2.24) is 15.0 Å². The van der Waals surface area contributed by atoms with Crippen molar-refractivity contribution >= 4 is 23.3 Å². The first-order valence-corrected chi connectivity index (χ1v) is 9.30. The molecule has 28 heavy (non-hydrogen) atoms. The zero-order valence-corrected chi connectivity index (χ0v) is 15.2. The van der Waals surface area contributed by atoms with E-state index in [0.717, 1.165) is 17.0 Å². The van der Waals surface area contributed by atoms with Crippen LogP contribution in [0.2, 0.25) is 0 Å². The lowest BCUT2D eigenvalue weighted by molar-refractivity contribution is -0.137. The predicted octanol–water partition coefficient (Wildman–Crippen LogP) is 4.46. The van der Waals surface area contributed by atoms with Gasteiger partial charge in [0.25, 0.3) is 0 Å². The molecule has 0 unspecified atom stereocenters. The molecule has 3 aromatic rings. The second-order valence-corrected chi connectivity index (χ2v) is 7.30. The number of hydrogen-bond donors (Lipinski definition) is 0. The molecule has 1 aromatic carbocycles. The van der Waals surface area contributed by atoms with Gasteiger partial charge in [0.05, 0.1) is 11.5 Å². The second kappa shape index (κ2) is 7.23. The number of nitrogens with zero attached hydrogens (tertiary/aromatic N) is 3. The monoisotopic (exact) mass is 405 g/mol. The van der Waals surface area contributed by atoms with Crippen LogP contribution >= 0.6 is 11.3 Å². The number of rotatable bonds is 4. The fourth-order valence-corrected chi connectivity index (χ4v) is 3.43. The zero-order valence-electron chi connectivity index (χ0n) is 14.4. The van der Waals surface area contributed by atoms with Gasteiger partial charge in [-0.3, -0.25) is 4.79 Å². The number of benzene rings is 1. The third-order valence-corrected chi connectivity index (χ3v) is 5.20. The van der Waals surface area contributed by atoms with E-state index in [9.17, 15) is 18.0 Å². The zero-order chi connectivity index (χ0) is 19.7. The molecule has 1 fully saturated rings. The van der Waals surface area contributed by atoms with Crippen molar-refractivity contribution < 1.29 is 22.5 Å². The first kappa shape index (κ1) is 18.4. The molecule has 1 aliphatic rings. The lowest BCUT2D eigenvalue weighted by Crippen LogP contribution is -2.47. The van der Waals surface area contributed by atoms with E-state index in [-0.39, 0.29) is 23.2 Å². The van der Waals surface area contributed by atoms with E-state index >= 15 is 0 Å². The number of thiophene rings is 1. The van der Waals surface area contributed by atoms with Gasteiger partial charge >= 0.3 is 6.18 Å². The van der Waals surface area contributed by atoms with Crippen molar-refractivity contribution in [3.63, 3.8) is 0 Å². The van der Waals surface area contributed by atoms with E-state index in [2.05, 4.69) is 10.1 Å². The minimum Gasteiger partial charge on any atom is -0.339 e. The van der Waals surface area contributed by atoms with Crippen LogP contribution in [0.3, 0.4) is 0 Å². The van der Waals surface area contributed by atoms with Gasteiger partial charge in [0.1, 0.15) is 0 Å². The average molecular weight is 405 g/mol. The molecule has 9 heteroatoms. The van der Waals surface area contributed by atoms with Crippen LogP contribution in [0, 0.1) is 0 Å². The summed E-state index contributed by atoms with van der Waals surface area (Å²) in [5, 5.41) is 5.71. The van der Waals surface area contributed by atoms with Gasteiger partial charge in [0.2, 0.25) is 17.6 Å². The highest BCUT2D eigenvalue weighted by atomic mass is 32.1. The topological polar surface area (TPSA) is 59.2 Å². The number of likely N-dealkylation sites (tertiary alicyclic amines) is 1. The van der Waals surface area contributed by atoms with Gasteiger partial charge in [-0.15, -0.1) is 11.3 Å². The van der Waals surface area contributed by atoms with Gasteiger partial charge in [0.15, 0.2) is 0 Å². The third kappa shape index (κ3) is 3.84. The van der Waals surface area contributed by atoms with E-state index in [1.165, 1.54) is 18.2 Å². The molecular weight excluding hydrogens is 391 g/mol. The molecule has 0 saturated carbocycles. The normalized spacial score (nSPS) is 15.2. The second-order valence-electron chi connectivity index (χ2n) is 6.32. The quantitative estimate of drug-likeness (QED) is 0.602. The molecule has 1 aliphatic heterocycles. The Hall–Kier alpha value is -2.94. The maximum absolute atomic E-state index is 12.8. The molecule has 0 spiro atoms. The molecule has 5 nitrogen and oxygen atoms in total. The maximum atomic E-state index is 12.8. The molecule has 0 bridgehead atoms. The van der Waals surface area contributed by atoms with Crippen LogP contribution < -0.4 is 0 Å². The maximum Gasteiger partial charge on any atom is 0.416 e. The first-order valence-electron chi connectivity index (χ1n) is 8.42. The van der Waals surface area contributed by atoms with Crippen LogP contribution in [0.5, 0.6) is 0 Å². The standard InChI is InChI=1S/C19H14F3N3O2S/c20-19(21,22)14-4-1-3-12(9-14)17-23-18(27-24-17)13-10-25(11-13)16(26)7-6-15-5-2-8-28-15/h1-9,13H,10-11H2/b7-6+. The van der Waals surface area contributed by atoms with Gasteiger partial charge in [-0.05, 0) is 29.7 Å². The minimum atomic E-state index is -4.44. The van der Waals surface area contributed by atoms with Crippen LogP contribution in [-0.2, 0) is 11.0 Å². The van der Waals surface area contributed by atoms with Crippen LogP contribution in [0.15, 0.2) is 52.4 Å². The Kier molecular flexibility index (Phi) is 4.76. The number of halogens is 3. The number of carbonyl (C=O) groups is 1. The molecule has 1 amide bonds. The molecule has 3 heterocycles. The van der Waals surface area contributed by atoms with Gasteiger partial charge in [-0.2, -0.15) is 18.2 Å². The molecule has 4 rings (SSSR count). The summed E-state index contributed by atoms with van der Waals surface area (Å²) >= 11 is 1.54. The highest BCUT2D eigenvalue weighted by molar-refractivity contribution is 7.10. The Morgan fingerprint density at radius 2 is 2.07 bits per heavy atom. The Bertz CT molecular complexity index is 1010. The van der Waals surface area contributed by atoms with E-state index in [1.54, 1.807) is 22.3 Å². The summed E-state index contributed by atoms with van der Waals surface area (Å²) in [6.07, 6.45) is -1.16. The van der Waals surface area contributed by atoms with Crippen molar-refractivity contribution in [2.24, 2.45) is 0 Å². The highest BCUT2D eigenvalue weighted by Gasteiger charge is 2.35. The summed E-state index contributed by atoms with van der Waals surface area (Å²) in [4.78, 5) is 19.0. The van der Waals surface area contributed by atoms with E-state index < -0.39 is 11.7 Å². The number of carbonyl (C=O) groups excluding carboxylic acids is 1. The molecule has 0 N–H and O–H groups in total. The number of amides is 1. The molecule has 0 aliphatic carbocycles. The average Bonchev–Trinajstić information content (AvgIpc) is 3.30. The summed E-state index contributed by atoms with van der Waals surface area (Å²) in [6.45, 7) is 0.857. The van der Waals surface area contributed by atoms with Crippen molar-refractivity contribution in [2.45, 2.75) is 12.1 Å². The molecule has 1 saturated heterocycles. The number of alkyl halides is 3. The minimum absolute atomic E-state index is 0.100. The van der Waals surface area contributed by atoms with Crippen molar-refractivity contribution in [1.29, 1.82) is 0 Å². The van der Waals surface area contributed by atoms with Crippen LogP contribution in [-0.4, -0.2) is 34.0 Å². The Morgan fingerprint density at radius 1 is 1.25 bits per heavy atom. The Balaban J connectivity index is 1.39. The Morgan fingerprint density at radius 3 is 2.79 bits per heavy atom. The predicted molar refractivity (Wildman–Crippen MR) is 97.4 cm³/mol. The molecule has 144 valence electrons. The molecule has 2 aromatic heterocycles. The lowest BCUT2D eigenvalue weighted by Gasteiger charge is -2.36. The van der Waals surface area contributed by atoms with Gasteiger partial charge in [-0.25, -0.2) is 0 Å². The van der Waals surface area contributed by atoms with Crippen LogP contribution in [0.25, 0.3) is 17.5 Å². The molecular formula is C19H14F3N3O2S. The van der Waals surface area contributed by atoms with Gasteiger partial charge < -0.3 is 9.42 Å². The summed E-state index contributed by atoms with van der Waals surface area (Å²) in [7, 11) is 0. The third-order valence-electron chi connectivity index (χ3n) is 4.37. The SMILES string of the molecule is O=C(/C=C/c1cccs1)N1CC(c2nc(-c3cccc(C(F)(F)F)c3)no2)C1. The van der Waals surface area contributed by atoms with Crippen molar-refractivity contribution in [2.75, 3.05) is 13.1 Å². The summed E-state index contributed by atoms with van der Waals surface area (Å²) in [6, 6.07) is 8.60. The van der Waals surface area contributed by atoms with E-state index in [1.807, 2.05) is 17.5 Å². The molecule has 0 atom stereocenters. The van der Waals surface area contributed by atoms with E-state index in [0.29, 0.717) is 19.0 Å². The molecule has 0 radical (unpaired) electrons. The summed E-state index contributed by atoms with van der Waals surface area (Å²) in [5.74, 6) is 0.190. The van der Waals surface area contributed by atoms with Crippen LogP contribution in [0.4, 0.5) is 13.2 Å². The van der Waals surface area contributed by atoms with Crippen molar-refractivity contribution in [3.05, 3.63) is 64.2 Å². The van der Waals surface area contributed by atoms with Crippen LogP contribution in [0.1, 0.15) is 22.2 Å². The van der Waals surface area contributed by atoms with Crippen molar-refractivity contribution in [3.8, 4) is 11.4 Å². The summed E-state index contributed by atoms with van der Waals surface area (Å²) in [5.41, 5.74) is -0.537. The van der Waals surface area contributed by atoms with E-state index in [4.69, 9.17) is 4.52 Å². The fourth-order valence-electron chi connectivity index (χ4n) is 2.81. The number of hydrogen-bond acceptors (Lipinski definition) is 5. The largest absolute Gasteiger partial charge is 0.416 e. The fraction of sp³-hybridized carbons (Fsp3) is 0.211. The summed E-state index contributed by atoms with van der Waals surface area (Å²) < 4.78 is 43.7. The van der Waals surface area contributed by atoms with Gasteiger partial charge in [0, 0.05) is 29.6 Å². The smallest absolute Gasteiger partial charge is 0.339 e. The first-order chi connectivity index (χ1) is 13.4. The van der Waals surface area contributed by atoms with Gasteiger partial charge in [-0.1, -0.05) is 23.4 Å². The number of aromatic nitrogens is 2. The highest BCUT2D eigenvalue weighted by Crippen LogP contribution is 2.32. The lowest BCUT2D eigenvalue weighted by atomic mass is 10.00. The Labute approximate surface area is 162 Å².